The Balaban J connectivity index is 1.20. The lowest BCUT2D eigenvalue weighted by atomic mass is 10.0. The van der Waals surface area contributed by atoms with Gasteiger partial charge in [-0.25, -0.2) is 14.8 Å². The largest absolute Gasteiger partial charge is 0.453 e. The highest BCUT2D eigenvalue weighted by Crippen LogP contribution is 2.31. The molecule has 4 heterocycles. The van der Waals surface area contributed by atoms with E-state index in [1.807, 2.05) is 44.3 Å². The van der Waals surface area contributed by atoms with Crippen molar-refractivity contribution in [2.24, 2.45) is 5.92 Å². The quantitative estimate of drug-likeness (QED) is 0.345. The highest BCUT2D eigenvalue weighted by atomic mass is 16.5. The van der Waals surface area contributed by atoms with Crippen molar-refractivity contribution >= 4 is 12.0 Å². The zero-order valence-electron chi connectivity index (χ0n) is 23.6. The van der Waals surface area contributed by atoms with Crippen molar-refractivity contribution < 1.29 is 14.3 Å². The number of methoxy groups -OCH3 is 1. The fourth-order valence-electron chi connectivity index (χ4n) is 5.28. The Labute approximate surface area is 240 Å². The van der Waals surface area contributed by atoms with Crippen LogP contribution in [-0.4, -0.2) is 63.1 Å². The van der Waals surface area contributed by atoms with Gasteiger partial charge in [-0.1, -0.05) is 31.9 Å². The van der Waals surface area contributed by atoms with Crippen LogP contribution in [0.1, 0.15) is 74.5 Å². The number of benzene rings is 1. The van der Waals surface area contributed by atoms with Crippen molar-refractivity contribution in [3.05, 3.63) is 59.6 Å². The van der Waals surface area contributed by atoms with Crippen LogP contribution in [0, 0.1) is 29.6 Å². The second-order valence-electron chi connectivity index (χ2n) is 10.6. The van der Waals surface area contributed by atoms with Crippen molar-refractivity contribution in [3.8, 4) is 34.9 Å². The first-order valence-corrected chi connectivity index (χ1v) is 14.0. The summed E-state index contributed by atoms with van der Waals surface area (Å²) < 4.78 is 4.70. The van der Waals surface area contributed by atoms with Crippen molar-refractivity contribution in [2.45, 2.75) is 57.7 Å². The highest BCUT2D eigenvalue weighted by Gasteiger charge is 2.37. The van der Waals surface area contributed by atoms with Crippen molar-refractivity contribution in [3.63, 3.8) is 0 Å². The summed E-state index contributed by atoms with van der Waals surface area (Å²) in [6.45, 7) is 5.42. The molecule has 2 saturated heterocycles. The summed E-state index contributed by atoms with van der Waals surface area (Å²) in [6, 6.07) is 7.42. The van der Waals surface area contributed by atoms with E-state index in [4.69, 9.17) is 4.74 Å². The summed E-state index contributed by atoms with van der Waals surface area (Å²) in [4.78, 5) is 42.5. The van der Waals surface area contributed by atoms with E-state index in [0.717, 1.165) is 48.5 Å². The summed E-state index contributed by atoms with van der Waals surface area (Å²) in [7, 11) is 1.29. The minimum absolute atomic E-state index is 0.0897. The number of amides is 2. The lowest BCUT2D eigenvalue weighted by molar-refractivity contribution is -0.135. The molecule has 0 saturated carbocycles. The van der Waals surface area contributed by atoms with E-state index in [2.05, 4.69) is 54.3 Å². The molecule has 0 aliphatic carbocycles. The molecular weight excluding hydrogens is 518 g/mol. The zero-order chi connectivity index (χ0) is 28.8. The number of likely N-dealkylation sites (tertiary alicyclic amines) is 1. The van der Waals surface area contributed by atoms with Crippen molar-refractivity contribution in [2.75, 3.05) is 20.2 Å². The monoisotopic (exact) mass is 553 g/mol. The molecule has 0 bridgehead atoms. The van der Waals surface area contributed by atoms with Gasteiger partial charge in [0.25, 0.3) is 0 Å². The molecule has 2 fully saturated rings. The molecule has 212 valence electrons. The van der Waals surface area contributed by atoms with Gasteiger partial charge in [-0.2, -0.15) is 0 Å². The van der Waals surface area contributed by atoms with Crippen LogP contribution in [0.3, 0.4) is 0 Å². The Kier molecular flexibility index (Phi) is 8.71. The van der Waals surface area contributed by atoms with Crippen molar-refractivity contribution in [1.82, 2.24) is 35.5 Å². The Morgan fingerprint density at radius 2 is 1.80 bits per heavy atom. The predicted octanol–water partition coefficient (Wildman–Crippen LogP) is 3.67. The first-order chi connectivity index (χ1) is 19.9. The van der Waals surface area contributed by atoms with Gasteiger partial charge in [0.05, 0.1) is 37.3 Å². The second-order valence-corrected chi connectivity index (χ2v) is 10.6. The smallest absolute Gasteiger partial charge is 0.407 e. The molecule has 10 nitrogen and oxygen atoms in total. The van der Waals surface area contributed by atoms with Gasteiger partial charge in [-0.3, -0.25) is 4.79 Å². The summed E-state index contributed by atoms with van der Waals surface area (Å²) >= 11 is 0. The third kappa shape index (κ3) is 6.62. The summed E-state index contributed by atoms with van der Waals surface area (Å²) in [6.07, 6.45) is 6.83. The summed E-state index contributed by atoms with van der Waals surface area (Å²) in [5, 5.41) is 6.12. The van der Waals surface area contributed by atoms with Crippen LogP contribution in [0.4, 0.5) is 4.79 Å². The van der Waals surface area contributed by atoms with Gasteiger partial charge >= 0.3 is 6.09 Å². The molecule has 2 aliphatic heterocycles. The average molecular weight is 554 g/mol. The number of imidazole rings is 2. The normalized spacial score (nSPS) is 18.8. The molecule has 2 aromatic heterocycles. The number of nitrogens with one attached hydrogen (secondary N) is 4. The summed E-state index contributed by atoms with van der Waals surface area (Å²) in [5.41, 5.74) is 3.54. The fraction of sp³-hybridized carbons (Fsp3) is 0.419. The van der Waals surface area contributed by atoms with Crippen LogP contribution in [-0.2, 0) is 9.53 Å². The maximum atomic E-state index is 13.3. The standard InChI is InChI=1S/C31H35N7O3/c1-20(2)27(37-31(40)41-3)30(39)38-17-7-11-26(38)29-33-18-23(35-29)9-5-4-8-21-12-14-22(15-13-21)25-19-34-28(36-25)24-10-6-16-32-24/h12-15,18-20,24,26-27,32H,6-7,10-11,16-17H2,1-3H3,(H,33,35)(H,34,36)(H,37,40)/t24-,26-,27-/m0/s1. The minimum Gasteiger partial charge on any atom is -0.453 e. The Bertz CT molecular complexity index is 1490. The number of aromatic amines is 2. The number of ether oxygens (including phenoxy) is 1. The molecule has 41 heavy (non-hydrogen) atoms. The van der Waals surface area contributed by atoms with E-state index in [1.165, 1.54) is 13.5 Å². The molecule has 3 atom stereocenters. The molecule has 0 radical (unpaired) electrons. The SMILES string of the molecule is COC(=O)N[C@H](C(=O)N1CCC[C@H]1c1ncc(C#CC#Cc2ccc(-c3cnc([C@@H]4CCCN4)[nH]3)cc2)[nH]1)C(C)C. The van der Waals surface area contributed by atoms with Crippen LogP contribution < -0.4 is 10.6 Å². The Morgan fingerprint density at radius 3 is 2.54 bits per heavy atom. The number of hydrogen-bond donors (Lipinski definition) is 4. The Hall–Kier alpha value is -4.54. The van der Waals surface area contributed by atoms with Gasteiger partial charge in [0.1, 0.15) is 23.4 Å². The molecule has 2 amide bonds. The van der Waals surface area contributed by atoms with Crippen LogP contribution in [0.2, 0.25) is 0 Å². The molecule has 1 aromatic carbocycles. The molecule has 0 unspecified atom stereocenters. The van der Waals surface area contributed by atoms with Crippen LogP contribution >= 0.6 is 0 Å². The fourth-order valence-corrected chi connectivity index (χ4v) is 5.28. The third-order valence-electron chi connectivity index (χ3n) is 7.49. The molecule has 0 spiro atoms. The molecule has 3 aromatic rings. The number of carbonyl (C=O) groups excluding carboxylic acids is 2. The van der Waals surface area contributed by atoms with Crippen LogP contribution in [0.5, 0.6) is 0 Å². The summed E-state index contributed by atoms with van der Waals surface area (Å²) in [5.74, 6) is 13.3. The van der Waals surface area contributed by atoms with Crippen LogP contribution in [0.15, 0.2) is 36.7 Å². The van der Waals surface area contributed by atoms with E-state index in [0.29, 0.717) is 24.1 Å². The number of H-pyrrole nitrogens is 2. The van der Waals surface area contributed by atoms with E-state index in [-0.39, 0.29) is 17.9 Å². The lowest BCUT2D eigenvalue weighted by Gasteiger charge is -2.29. The predicted molar refractivity (Wildman–Crippen MR) is 154 cm³/mol. The second kappa shape index (κ2) is 12.8. The number of hydrogen-bond acceptors (Lipinski definition) is 6. The molecule has 10 heteroatoms. The van der Waals surface area contributed by atoms with E-state index < -0.39 is 12.1 Å². The molecule has 2 aliphatic rings. The van der Waals surface area contributed by atoms with Gasteiger partial charge in [-0.15, -0.1) is 0 Å². The van der Waals surface area contributed by atoms with Gasteiger partial charge in [-0.05, 0) is 73.6 Å². The molecule has 4 N–H and O–H groups in total. The number of carbonyl (C=O) groups is 2. The van der Waals surface area contributed by atoms with Gasteiger partial charge in [0, 0.05) is 12.1 Å². The highest BCUT2D eigenvalue weighted by molar-refractivity contribution is 5.86. The van der Waals surface area contributed by atoms with Gasteiger partial charge < -0.3 is 30.2 Å². The van der Waals surface area contributed by atoms with Crippen LogP contribution in [0.25, 0.3) is 11.3 Å². The van der Waals surface area contributed by atoms with E-state index >= 15 is 0 Å². The van der Waals surface area contributed by atoms with Crippen molar-refractivity contribution in [1.29, 1.82) is 0 Å². The first kappa shape index (κ1) is 28.0. The topological polar surface area (TPSA) is 128 Å². The first-order valence-electron chi connectivity index (χ1n) is 14.0. The van der Waals surface area contributed by atoms with Gasteiger partial charge in [0.2, 0.25) is 5.91 Å². The number of aromatic nitrogens is 4. The molecular formula is C31H35N7O3. The average Bonchev–Trinajstić information content (AvgIpc) is 3.80. The van der Waals surface area contributed by atoms with E-state index in [1.54, 1.807) is 11.1 Å². The number of nitrogens with zero attached hydrogens (tertiary/aromatic N) is 3. The number of rotatable bonds is 6. The maximum Gasteiger partial charge on any atom is 0.407 e. The minimum atomic E-state index is -0.673. The lowest BCUT2D eigenvalue weighted by Crippen LogP contribution is -2.51. The van der Waals surface area contributed by atoms with Gasteiger partial charge in [0.15, 0.2) is 0 Å². The molecule has 5 rings (SSSR count). The zero-order valence-corrected chi connectivity index (χ0v) is 23.6. The number of alkyl carbamates (subject to hydrolysis) is 1. The maximum absolute atomic E-state index is 13.3. The third-order valence-corrected chi connectivity index (χ3v) is 7.49. The Morgan fingerprint density at radius 1 is 1.02 bits per heavy atom. The van der Waals surface area contributed by atoms with E-state index in [9.17, 15) is 9.59 Å².